The van der Waals surface area contributed by atoms with Gasteiger partial charge in [-0.25, -0.2) is 0 Å². The molecule has 0 atom stereocenters. The van der Waals surface area contributed by atoms with Gasteiger partial charge in [-0.1, -0.05) is 6.07 Å². The van der Waals surface area contributed by atoms with Crippen LogP contribution in [0.3, 0.4) is 0 Å². The van der Waals surface area contributed by atoms with Crippen LogP contribution < -0.4 is 15.2 Å². The molecule has 0 radical (unpaired) electrons. The molecule has 3 rings (SSSR count). The van der Waals surface area contributed by atoms with Crippen LogP contribution in [-0.2, 0) is 0 Å². The molecular weight excluding hydrogens is 276 g/mol. The van der Waals surface area contributed by atoms with Crippen LogP contribution >= 0.6 is 0 Å². The summed E-state index contributed by atoms with van der Waals surface area (Å²) in [6, 6.07) is 6.06. The van der Waals surface area contributed by atoms with Crippen molar-refractivity contribution in [2.45, 2.75) is 31.8 Å². The Morgan fingerprint density at radius 2 is 2.14 bits per heavy atom. The van der Waals surface area contributed by atoms with Gasteiger partial charge in [0, 0.05) is 25.9 Å². The van der Waals surface area contributed by atoms with Gasteiger partial charge in [0.25, 0.3) is 0 Å². The van der Waals surface area contributed by atoms with Crippen molar-refractivity contribution < 1.29 is 9.47 Å². The summed E-state index contributed by atoms with van der Waals surface area (Å²) in [5.74, 6) is 1.86. The first-order valence-corrected chi connectivity index (χ1v) is 8.33. The van der Waals surface area contributed by atoms with Gasteiger partial charge in [-0.05, 0) is 50.7 Å². The topological polar surface area (TPSA) is 47.7 Å². The van der Waals surface area contributed by atoms with E-state index >= 15 is 0 Å². The Morgan fingerprint density at radius 1 is 1.32 bits per heavy atom. The summed E-state index contributed by atoms with van der Waals surface area (Å²) < 4.78 is 12.1. The van der Waals surface area contributed by atoms with Gasteiger partial charge in [0.05, 0.1) is 12.2 Å². The largest absolute Gasteiger partial charge is 0.493 e. The molecule has 120 valence electrons. The molecule has 1 aromatic rings. The average Bonchev–Trinajstić information content (AvgIpc) is 2.55. The monoisotopic (exact) mass is 302 g/mol. The molecule has 1 spiro atoms. The SMILES string of the molecule is CCOc1cccc2c1C=CC1(CCN(CCCN)CC1)O2. The Balaban J connectivity index is 1.70. The van der Waals surface area contributed by atoms with E-state index < -0.39 is 0 Å². The van der Waals surface area contributed by atoms with Gasteiger partial charge < -0.3 is 20.1 Å². The van der Waals surface area contributed by atoms with Crippen molar-refractivity contribution in [2.24, 2.45) is 5.73 Å². The molecule has 0 amide bonds. The van der Waals surface area contributed by atoms with Gasteiger partial charge >= 0.3 is 0 Å². The van der Waals surface area contributed by atoms with E-state index in [1.165, 1.54) is 0 Å². The summed E-state index contributed by atoms with van der Waals surface area (Å²) in [7, 11) is 0. The van der Waals surface area contributed by atoms with E-state index in [0.29, 0.717) is 6.61 Å². The maximum Gasteiger partial charge on any atom is 0.131 e. The highest BCUT2D eigenvalue weighted by Crippen LogP contribution is 2.40. The van der Waals surface area contributed by atoms with Crippen LogP contribution in [0.2, 0.25) is 0 Å². The number of nitrogens with zero attached hydrogens (tertiary/aromatic N) is 1. The van der Waals surface area contributed by atoms with Crippen LogP contribution in [-0.4, -0.2) is 43.3 Å². The van der Waals surface area contributed by atoms with E-state index in [1.54, 1.807) is 0 Å². The second-order valence-corrected chi connectivity index (χ2v) is 6.09. The minimum Gasteiger partial charge on any atom is -0.493 e. The van der Waals surface area contributed by atoms with Crippen molar-refractivity contribution in [3.8, 4) is 11.5 Å². The lowest BCUT2D eigenvalue weighted by Crippen LogP contribution is -2.48. The zero-order valence-corrected chi connectivity index (χ0v) is 13.4. The van der Waals surface area contributed by atoms with Crippen molar-refractivity contribution in [3.63, 3.8) is 0 Å². The van der Waals surface area contributed by atoms with Crippen LogP contribution in [0.15, 0.2) is 24.3 Å². The molecular formula is C18H26N2O2. The van der Waals surface area contributed by atoms with Gasteiger partial charge in [0.2, 0.25) is 0 Å². The van der Waals surface area contributed by atoms with Crippen molar-refractivity contribution in [1.29, 1.82) is 0 Å². The summed E-state index contributed by atoms with van der Waals surface area (Å²) in [6.07, 6.45) is 7.56. The molecule has 0 unspecified atom stereocenters. The quantitative estimate of drug-likeness (QED) is 0.908. The standard InChI is InChI=1S/C18H26N2O2/c1-2-21-16-5-3-6-17-15(16)7-8-18(22-17)9-13-20(14-10-18)12-4-11-19/h3,5-8H,2,4,9-14,19H2,1H3. The zero-order chi connectivity index (χ0) is 15.4. The fraction of sp³-hybridized carbons (Fsp3) is 0.556. The molecule has 4 heteroatoms. The molecule has 0 aromatic heterocycles. The summed E-state index contributed by atoms with van der Waals surface area (Å²) >= 11 is 0. The van der Waals surface area contributed by atoms with Crippen LogP contribution in [0.1, 0.15) is 31.7 Å². The van der Waals surface area contributed by atoms with Gasteiger partial charge in [0.15, 0.2) is 0 Å². The van der Waals surface area contributed by atoms with Crippen LogP contribution in [0.25, 0.3) is 6.08 Å². The Hall–Kier alpha value is -1.52. The van der Waals surface area contributed by atoms with Crippen LogP contribution in [0, 0.1) is 0 Å². The number of likely N-dealkylation sites (tertiary alicyclic amines) is 1. The molecule has 0 aliphatic carbocycles. The molecule has 0 bridgehead atoms. The molecule has 2 aliphatic rings. The first kappa shape index (κ1) is 15.4. The zero-order valence-electron chi connectivity index (χ0n) is 13.4. The molecule has 2 aliphatic heterocycles. The Morgan fingerprint density at radius 3 is 2.86 bits per heavy atom. The first-order valence-electron chi connectivity index (χ1n) is 8.33. The van der Waals surface area contributed by atoms with Gasteiger partial charge in [0.1, 0.15) is 17.1 Å². The number of benzene rings is 1. The summed E-state index contributed by atoms with van der Waals surface area (Å²) in [6.45, 7) is 6.69. The third kappa shape index (κ3) is 3.13. The van der Waals surface area contributed by atoms with Gasteiger partial charge in [-0.2, -0.15) is 0 Å². The molecule has 1 aromatic carbocycles. The fourth-order valence-electron chi connectivity index (χ4n) is 3.29. The number of ether oxygens (including phenoxy) is 2. The highest BCUT2D eigenvalue weighted by atomic mass is 16.5. The number of piperidine rings is 1. The van der Waals surface area contributed by atoms with E-state index in [9.17, 15) is 0 Å². The van der Waals surface area contributed by atoms with Gasteiger partial charge in [-0.3, -0.25) is 0 Å². The third-order valence-electron chi connectivity index (χ3n) is 4.57. The fourth-order valence-corrected chi connectivity index (χ4v) is 3.29. The lowest BCUT2D eigenvalue weighted by atomic mass is 9.88. The molecule has 1 saturated heterocycles. The smallest absolute Gasteiger partial charge is 0.131 e. The number of nitrogens with two attached hydrogens (primary N) is 1. The van der Waals surface area contributed by atoms with Crippen LogP contribution in [0.5, 0.6) is 11.5 Å². The lowest BCUT2D eigenvalue weighted by molar-refractivity contribution is 0.0384. The normalized spacial score (nSPS) is 19.7. The van der Waals surface area contributed by atoms with Crippen molar-refractivity contribution in [2.75, 3.05) is 32.8 Å². The summed E-state index contributed by atoms with van der Waals surface area (Å²) in [5.41, 5.74) is 6.53. The molecule has 0 saturated carbocycles. The second kappa shape index (κ2) is 6.71. The number of hydrogen-bond donors (Lipinski definition) is 1. The minimum absolute atomic E-state index is 0.142. The number of hydrogen-bond acceptors (Lipinski definition) is 4. The predicted molar refractivity (Wildman–Crippen MR) is 89.3 cm³/mol. The number of fused-ring (bicyclic) bond motifs is 1. The van der Waals surface area contributed by atoms with Gasteiger partial charge in [-0.15, -0.1) is 0 Å². The Bertz CT molecular complexity index is 534. The van der Waals surface area contributed by atoms with E-state index in [2.05, 4.69) is 17.1 Å². The average molecular weight is 302 g/mol. The molecule has 2 heterocycles. The molecule has 1 fully saturated rings. The second-order valence-electron chi connectivity index (χ2n) is 6.09. The maximum atomic E-state index is 6.38. The first-order chi connectivity index (χ1) is 10.8. The van der Waals surface area contributed by atoms with E-state index in [-0.39, 0.29) is 5.60 Å². The van der Waals surface area contributed by atoms with Crippen LogP contribution in [0.4, 0.5) is 0 Å². The summed E-state index contributed by atoms with van der Waals surface area (Å²) in [4.78, 5) is 2.49. The maximum absolute atomic E-state index is 6.38. The summed E-state index contributed by atoms with van der Waals surface area (Å²) in [5, 5.41) is 0. The minimum atomic E-state index is -0.142. The van der Waals surface area contributed by atoms with Crippen molar-refractivity contribution in [3.05, 3.63) is 29.8 Å². The molecule has 2 N–H and O–H groups in total. The predicted octanol–water partition coefficient (Wildman–Crippen LogP) is 2.67. The Kier molecular flexibility index (Phi) is 4.69. The number of rotatable bonds is 5. The highest BCUT2D eigenvalue weighted by molar-refractivity contribution is 5.67. The van der Waals surface area contributed by atoms with E-state index in [0.717, 1.165) is 62.5 Å². The van der Waals surface area contributed by atoms with E-state index in [4.69, 9.17) is 15.2 Å². The van der Waals surface area contributed by atoms with E-state index in [1.807, 2.05) is 25.1 Å². The third-order valence-corrected chi connectivity index (χ3v) is 4.57. The lowest BCUT2D eigenvalue weighted by Gasteiger charge is -2.42. The van der Waals surface area contributed by atoms with Crippen molar-refractivity contribution in [1.82, 2.24) is 4.90 Å². The van der Waals surface area contributed by atoms with Crippen molar-refractivity contribution >= 4 is 6.08 Å². The highest BCUT2D eigenvalue weighted by Gasteiger charge is 2.36. The Labute approximate surface area is 132 Å². The molecule has 4 nitrogen and oxygen atoms in total. The molecule has 22 heavy (non-hydrogen) atoms.